The second-order valence-electron chi connectivity index (χ2n) is 7.40. The van der Waals surface area contributed by atoms with Crippen LogP contribution >= 0.6 is 0 Å². The lowest BCUT2D eigenvalue weighted by Crippen LogP contribution is -2.55. The largest absolute Gasteiger partial charge is 0.399 e. The minimum absolute atomic E-state index is 0.167. The third-order valence-electron chi connectivity index (χ3n) is 5.87. The van der Waals surface area contributed by atoms with Crippen molar-refractivity contribution >= 4 is 5.57 Å². The number of nitrogens with zero attached hydrogens (tertiary/aromatic N) is 4. The third kappa shape index (κ3) is 2.17. The highest BCUT2D eigenvalue weighted by Crippen LogP contribution is 2.58. The average molecular weight is 343 g/mol. The van der Waals surface area contributed by atoms with Crippen LogP contribution in [0.3, 0.4) is 0 Å². The second-order valence-corrected chi connectivity index (χ2v) is 7.40. The van der Waals surface area contributed by atoms with Crippen molar-refractivity contribution in [3.05, 3.63) is 53.2 Å². The van der Waals surface area contributed by atoms with E-state index in [1.807, 2.05) is 44.3 Å². The maximum absolute atomic E-state index is 9.94. The van der Waals surface area contributed by atoms with Crippen molar-refractivity contribution in [1.82, 2.24) is 4.90 Å². The first-order valence-electron chi connectivity index (χ1n) is 8.56. The summed E-state index contributed by atoms with van der Waals surface area (Å²) in [6.07, 6.45) is 2.11. The van der Waals surface area contributed by atoms with Crippen molar-refractivity contribution in [3.63, 3.8) is 0 Å². The number of nitriles is 3. The van der Waals surface area contributed by atoms with E-state index in [1.54, 1.807) is 0 Å². The highest BCUT2D eigenvalue weighted by molar-refractivity contribution is 5.86. The van der Waals surface area contributed by atoms with E-state index in [0.717, 1.165) is 16.7 Å². The molecule has 0 radical (unpaired) electrons. The molecular formula is C21H21N5. The Morgan fingerprint density at radius 3 is 2.31 bits per heavy atom. The monoisotopic (exact) mass is 343 g/mol. The molecule has 1 aromatic carbocycles. The van der Waals surface area contributed by atoms with Crippen LogP contribution in [0.1, 0.15) is 19.4 Å². The Hall–Kier alpha value is -3.07. The van der Waals surface area contributed by atoms with Crippen LogP contribution in [-0.2, 0) is 0 Å². The Morgan fingerprint density at radius 1 is 1.15 bits per heavy atom. The number of hydrogen-bond donors (Lipinski definition) is 1. The summed E-state index contributed by atoms with van der Waals surface area (Å²) in [4.78, 5) is 2.14. The van der Waals surface area contributed by atoms with Gasteiger partial charge in [-0.25, -0.2) is 0 Å². The van der Waals surface area contributed by atoms with Crippen LogP contribution in [0.2, 0.25) is 0 Å². The van der Waals surface area contributed by atoms with Crippen LogP contribution in [0, 0.1) is 50.7 Å². The third-order valence-corrected chi connectivity index (χ3v) is 5.87. The standard InChI is InChI=1S/C21H21N5/c1-14-9-16-18(15-7-5-4-6-8-15)19(25)21(11-23,12-24)17(10-22)20(16,2)13-26(14)3/h4-9,14,17H,13,25H2,1-3H3. The Bertz CT molecular complexity index is 908. The molecule has 1 aliphatic heterocycles. The van der Waals surface area contributed by atoms with Crippen LogP contribution in [0.4, 0.5) is 0 Å². The first-order valence-corrected chi connectivity index (χ1v) is 8.56. The maximum atomic E-state index is 9.94. The molecule has 1 aliphatic carbocycles. The minimum atomic E-state index is -1.67. The molecule has 0 bridgehead atoms. The van der Waals surface area contributed by atoms with Gasteiger partial charge in [0, 0.05) is 23.6 Å². The summed E-state index contributed by atoms with van der Waals surface area (Å²) in [7, 11) is 1.99. The van der Waals surface area contributed by atoms with E-state index in [-0.39, 0.29) is 11.7 Å². The molecule has 3 atom stereocenters. The fraction of sp³-hybridized carbons (Fsp3) is 0.381. The van der Waals surface area contributed by atoms with Gasteiger partial charge >= 0.3 is 0 Å². The molecule has 3 rings (SSSR count). The highest BCUT2D eigenvalue weighted by atomic mass is 15.1. The van der Waals surface area contributed by atoms with Gasteiger partial charge in [0.15, 0.2) is 5.41 Å². The molecule has 5 nitrogen and oxygen atoms in total. The summed E-state index contributed by atoms with van der Waals surface area (Å²) in [5.41, 5.74) is 6.84. The molecule has 1 aromatic rings. The first kappa shape index (κ1) is 17.7. The summed E-state index contributed by atoms with van der Waals surface area (Å²) >= 11 is 0. The molecule has 2 N–H and O–H groups in total. The number of nitrogens with two attached hydrogens (primary N) is 1. The lowest BCUT2D eigenvalue weighted by Gasteiger charge is -2.51. The van der Waals surface area contributed by atoms with Crippen LogP contribution in [0.15, 0.2) is 47.7 Å². The number of fused-ring (bicyclic) bond motifs is 1. The molecular weight excluding hydrogens is 322 g/mol. The van der Waals surface area contributed by atoms with Crippen molar-refractivity contribution in [1.29, 1.82) is 15.8 Å². The van der Waals surface area contributed by atoms with E-state index < -0.39 is 16.7 Å². The van der Waals surface area contributed by atoms with Crippen molar-refractivity contribution in [2.45, 2.75) is 19.9 Å². The fourth-order valence-corrected chi connectivity index (χ4v) is 4.33. The van der Waals surface area contributed by atoms with Crippen LogP contribution in [0.5, 0.6) is 0 Å². The number of hydrogen-bond acceptors (Lipinski definition) is 5. The number of likely N-dealkylation sites (N-methyl/N-ethyl adjacent to an activating group) is 1. The molecule has 1 heterocycles. The number of benzene rings is 1. The predicted octanol–water partition coefficient (Wildman–Crippen LogP) is 2.81. The van der Waals surface area contributed by atoms with Crippen LogP contribution in [0.25, 0.3) is 5.57 Å². The SMILES string of the molecule is CC1C=C2C(c3ccccc3)=C(N)C(C#N)(C#N)C(C#N)C2(C)CN1C. The number of rotatable bonds is 1. The van der Waals surface area contributed by atoms with Crippen LogP contribution < -0.4 is 5.73 Å². The normalized spacial score (nSPS) is 30.4. The average Bonchev–Trinajstić information content (AvgIpc) is 2.64. The Morgan fingerprint density at radius 2 is 1.77 bits per heavy atom. The summed E-state index contributed by atoms with van der Waals surface area (Å²) < 4.78 is 0. The molecule has 130 valence electrons. The van der Waals surface area contributed by atoms with Crippen LogP contribution in [-0.4, -0.2) is 24.5 Å². The van der Waals surface area contributed by atoms with Gasteiger partial charge in [-0.2, -0.15) is 15.8 Å². The maximum Gasteiger partial charge on any atom is 0.199 e. The van der Waals surface area contributed by atoms with Gasteiger partial charge < -0.3 is 5.73 Å². The molecule has 5 heteroatoms. The predicted molar refractivity (Wildman–Crippen MR) is 98.6 cm³/mol. The Labute approximate surface area is 154 Å². The molecule has 3 unspecified atom stereocenters. The van der Waals surface area contributed by atoms with Gasteiger partial charge in [-0.15, -0.1) is 0 Å². The molecule has 0 fully saturated rings. The van der Waals surface area contributed by atoms with Crippen molar-refractivity contribution < 1.29 is 0 Å². The quantitative estimate of drug-likeness (QED) is 0.845. The fourth-order valence-electron chi connectivity index (χ4n) is 4.33. The molecule has 0 amide bonds. The molecule has 0 aromatic heterocycles. The molecule has 2 aliphatic rings. The van der Waals surface area contributed by atoms with E-state index in [0.29, 0.717) is 6.54 Å². The van der Waals surface area contributed by atoms with E-state index in [2.05, 4.69) is 36.1 Å². The summed E-state index contributed by atoms with van der Waals surface area (Å²) in [5.74, 6) is -0.848. The van der Waals surface area contributed by atoms with E-state index >= 15 is 0 Å². The highest BCUT2D eigenvalue weighted by Gasteiger charge is 2.60. The van der Waals surface area contributed by atoms with E-state index in [1.165, 1.54) is 0 Å². The summed E-state index contributed by atoms with van der Waals surface area (Å²) in [6, 6.07) is 16.2. The van der Waals surface area contributed by atoms with Gasteiger partial charge in [0.2, 0.25) is 0 Å². The molecule has 0 saturated carbocycles. The lowest BCUT2D eigenvalue weighted by atomic mass is 9.52. The van der Waals surface area contributed by atoms with Gasteiger partial charge in [0.25, 0.3) is 0 Å². The summed E-state index contributed by atoms with van der Waals surface area (Å²) in [5, 5.41) is 29.8. The smallest absolute Gasteiger partial charge is 0.199 e. The van der Waals surface area contributed by atoms with Gasteiger partial charge in [0.05, 0.1) is 29.8 Å². The van der Waals surface area contributed by atoms with E-state index in [9.17, 15) is 15.8 Å². The van der Waals surface area contributed by atoms with Gasteiger partial charge in [-0.05, 0) is 25.1 Å². The second kappa shape index (κ2) is 6.03. The topological polar surface area (TPSA) is 101 Å². The van der Waals surface area contributed by atoms with Crippen molar-refractivity contribution in [2.24, 2.45) is 22.5 Å². The molecule has 0 spiro atoms. The zero-order valence-electron chi connectivity index (χ0n) is 15.2. The lowest BCUT2D eigenvalue weighted by molar-refractivity contribution is 0.117. The first-order chi connectivity index (χ1) is 12.4. The molecule has 0 saturated heterocycles. The zero-order chi connectivity index (χ0) is 19.1. The zero-order valence-corrected chi connectivity index (χ0v) is 15.2. The Kier molecular flexibility index (Phi) is 4.11. The summed E-state index contributed by atoms with van der Waals surface area (Å²) in [6.45, 7) is 4.63. The van der Waals surface area contributed by atoms with E-state index in [4.69, 9.17) is 5.73 Å². The van der Waals surface area contributed by atoms with Crippen molar-refractivity contribution in [3.8, 4) is 18.2 Å². The van der Waals surface area contributed by atoms with Gasteiger partial charge in [-0.1, -0.05) is 43.3 Å². The minimum Gasteiger partial charge on any atom is -0.399 e. The van der Waals surface area contributed by atoms with Gasteiger partial charge in [0.1, 0.15) is 0 Å². The van der Waals surface area contributed by atoms with Gasteiger partial charge in [-0.3, -0.25) is 4.90 Å². The Balaban J connectivity index is 2.44. The number of allylic oxidation sites excluding steroid dienone is 2. The molecule has 26 heavy (non-hydrogen) atoms. The van der Waals surface area contributed by atoms with Crippen molar-refractivity contribution in [2.75, 3.05) is 13.6 Å².